The van der Waals surface area contributed by atoms with Crippen LogP contribution in [0.15, 0.2) is 42.0 Å². The second kappa shape index (κ2) is 9.54. The first kappa shape index (κ1) is 20.8. The molecule has 1 amide bonds. The molecule has 0 saturated heterocycles. The molecule has 6 nitrogen and oxygen atoms in total. The van der Waals surface area contributed by atoms with Crippen molar-refractivity contribution in [2.75, 3.05) is 6.61 Å². The summed E-state index contributed by atoms with van der Waals surface area (Å²) in [6.07, 6.45) is 6.72. The minimum Gasteiger partial charge on any atom is -0.464 e. The average Bonchev–Trinajstić information content (AvgIpc) is 3.02. The van der Waals surface area contributed by atoms with E-state index in [0.717, 1.165) is 36.2 Å². The molecule has 1 heterocycles. The van der Waals surface area contributed by atoms with Gasteiger partial charge in [-0.05, 0) is 58.6 Å². The predicted molar refractivity (Wildman–Crippen MR) is 112 cm³/mol. The van der Waals surface area contributed by atoms with E-state index >= 15 is 0 Å². The molecule has 1 aromatic heterocycles. The average molecular weight is 396 g/mol. The summed E-state index contributed by atoms with van der Waals surface area (Å²) in [6.45, 7) is 5.77. The molecule has 154 valence electrons. The van der Waals surface area contributed by atoms with Gasteiger partial charge in [0.2, 0.25) is 5.91 Å². The largest absolute Gasteiger partial charge is 0.464 e. The maximum atomic E-state index is 12.7. The van der Waals surface area contributed by atoms with Crippen LogP contribution in [0.4, 0.5) is 0 Å². The van der Waals surface area contributed by atoms with E-state index in [-0.39, 0.29) is 12.5 Å². The minimum absolute atomic E-state index is 0.164. The molecular formula is C23H29N3O3. The molecule has 0 radical (unpaired) electrons. The first-order valence-electron chi connectivity index (χ1n) is 10.3. The van der Waals surface area contributed by atoms with E-state index in [1.165, 1.54) is 6.42 Å². The zero-order chi connectivity index (χ0) is 20.8. The van der Waals surface area contributed by atoms with Gasteiger partial charge in [0.05, 0.1) is 18.0 Å². The predicted octanol–water partition coefficient (Wildman–Crippen LogP) is 4.10. The van der Waals surface area contributed by atoms with Crippen LogP contribution >= 0.6 is 0 Å². The summed E-state index contributed by atoms with van der Waals surface area (Å²) in [4.78, 5) is 25.4. The van der Waals surface area contributed by atoms with Gasteiger partial charge in [0, 0.05) is 17.7 Å². The van der Waals surface area contributed by atoms with Crippen LogP contribution in [0.5, 0.6) is 0 Å². The Morgan fingerprint density at radius 3 is 2.62 bits per heavy atom. The van der Waals surface area contributed by atoms with Gasteiger partial charge in [0.1, 0.15) is 0 Å². The summed E-state index contributed by atoms with van der Waals surface area (Å²) >= 11 is 0. The molecule has 0 unspecified atom stereocenters. The summed E-state index contributed by atoms with van der Waals surface area (Å²) in [6, 6.07) is 8.86. The summed E-state index contributed by atoms with van der Waals surface area (Å²) in [5.74, 6) is -0.625. The van der Waals surface area contributed by atoms with E-state index in [4.69, 9.17) is 4.74 Å². The monoisotopic (exact) mass is 395 g/mol. The number of nitrogens with zero attached hydrogens (tertiary/aromatic N) is 2. The Morgan fingerprint density at radius 2 is 1.97 bits per heavy atom. The van der Waals surface area contributed by atoms with Crippen LogP contribution in [-0.4, -0.2) is 28.3 Å². The van der Waals surface area contributed by atoms with Gasteiger partial charge in [0.15, 0.2) is 6.04 Å². The molecule has 1 atom stereocenters. The molecule has 0 bridgehead atoms. The fraction of sp³-hybridized carbons (Fsp3) is 0.435. The van der Waals surface area contributed by atoms with E-state index in [2.05, 4.69) is 16.5 Å². The van der Waals surface area contributed by atoms with Crippen molar-refractivity contribution in [3.63, 3.8) is 0 Å². The third kappa shape index (κ3) is 4.94. The smallest absolute Gasteiger partial charge is 0.333 e. The SMILES string of the molecule is CCOC(=O)[C@@H](NC(=O)CC1=CCCCC1)c1c(C)nn(-c2ccccc2)c1C. The number of ether oxygens (including phenoxy) is 1. The maximum absolute atomic E-state index is 12.7. The van der Waals surface area contributed by atoms with Crippen molar-refractivity contribution in [1.29, 1.82) is 0 Å². The second-order valence-electron chi connectivity index (χ2n) is 7.37. The number of carbonyl (C=O) groups is 2. The van der Waals surface area contributed by atoms with Crippen molar-refractivity contribution >= 4 is 11.9 Å². The molecule has 29 heavy (non-hydrogen) atoms. The number of para-hydroxylation sites is 1. The Kier molecular flexibility index (Phi) is 6.86. The van der Waals surface area contributed by atoms with Crippen LogP contribution in [0, 0.1) is 13.8 Å². The van der Waals surface area contributed by atoms with E-state index in [9.17, 15) is 9.59 Å². The van der Waals surface area contributed by atoms with Crippen molar-refractivity contribution in [2.45, 2.75) is 58.9 Å². The number of esters is 1. The molecule has 1 aliphatic carbocycles. The Morgan fingerprint density at radius 1 is 1.21 bits per heavy atom. The lowest BCUT2D eigenvalue weighted by Gasteiger charge is -2.19. The van der Waals surface area contributed by atoms with Gasteiger partial charge in [-0.3, -0.25) is 4.79 Å². The number of hydrogen-bond donors (Lipinski definition) is 1. The van der Waals surface area contributed by atoms with Gasteiger partial charge in [-0.2, -0.15) is 5.10 Å². The first-order chi connectivity index (χ1) is 14.0. The number of benzene rings is 1. The third-order valence-corrected chi connectivity index (χ3v) is 5.24. The number of allylic oxidation sites excluding steroid dienone is 1. The quantitative estimate of drug-likeness (QED) is 0.566. The highest BCUT2D eigenvalue weighted by Crippen LogP contribution is 2.26. The summed E-state index contributed by atoms with van der Waals surface area (Å²) in [5.41, 5.74) is 4.24. The van der Waals surface area contributed by atoms with E-state index in [0.29, 0.717) is 17.7 Å². The highest BCUT2D eigenvalue weighted by atomic mass is 16.5. The fourth-order valence-electron chi connectivity index (χ4n) is 3.85. The van der Waals surface area contributed by atoms with Gasteiger partial charge >= 0.3 is 5.97 Å². The van der Waals surface area contributed by atoms with Crippen LogP contribution in [-0.2, 0) is 14.3 Å². The standard InChI is InChI=1S/C23H29N3O3/c1-4-29-23(28)22(24-20(27)15-18-11-7-5-8-12-18)21-16(2)25-26(17(21)3)19-13-9-6-10-14-19/h6,9-11,13-14,22H,4-5,7-8,12,15H2,1-3H3,(H,24,27)/t22-/m0/s1. The molecule has 2 aromatic rings. The molecule has 0 spiro atoms. The van der Waals surface area contributed by atoms with E-state index < -0.39 is 12.0 Å². The van der Waals surface area contributed by atoms with Gasteiger partial charge in [0.25, 0.3) is 0 Å². The maximum Gasteiger partial charge on any atom is 0.333 e. The van der Waals surface area contributed by atoms with Crippen molar-refractivity contribution in [3.05, 3.63) is 58.9 Å². The Labute approximate surface area is 171 Å². The second-order valence-corrected chi connectivity index (χ2v) is 7.37. The molecule has 6 heteroatoms. The normalized spacial score (nSPS) is 14.8. The number of amides is 1. The lowest BCUT2D eigenvalue weighted by molar-refractivity contribution is -0.147. The fourth-order valence-corrected chi connectivity index (χ4v) is 3.85. The summed E-state index contributed by atoms with van der Waals surface area (Å²) in [7, 11) is 0. The third-order valence-electron chi connectivity index (χ3n) is 5.24. The number of aryl methyl sites for hydroxylation is 1. The van der Waals surface area contributed by atoms with Crippen molar-refractivity contribution in [3.8, 4) is 5.69 Å². The Bertz CT molecular complexity index is 900. The van der Waals surface area contributed by atoms with Crippen molar-refractivity contribution in [1.82, 2.24) is 15.1 Å². The molecular weight excluding hydrogens is 366 g/mol. The highest BCUT2D eigenvalue weighted by Gasteiger charge is 2.30. The topological polar surface area (TPSA) is 73.2 Å². The molecule has 0 fully saturated rings. The summed E-state index contributed by atoms with van der Waals surface area (Å²) < 4.78 is 7.07. The molecule has 3 rings (SSSR count). The number of carbonyl (C=O) groups excluding carboxylic acids is 2. The van der Waals surface area contributed by atoms with E-state index in [1.54, 1.807) is 11.6 Å². The number of aromatic nitrogens is 2. The lowest BCUT2D eigenvalue weighted by Crippen LogP contribution is -2.35. The summed E-state index contributed by atoms with van der Waals surface area (Å²) in [5, 5.41) is 7.52. The van der Waals surface area contributed by atoms with E-state index in [1.807, 2.05) is 44.2 Å². The zero-order valence-corrected chi connectivity index (χ0v) is 17.4. The van der Waals surface area contributed by atoms with Crippen LogP contribution in [0.1, 0.15) is 62.0 Å². The zero-order valence-electron chi connectivity index (χ0n) is 17.4. The van der Waals surface area contributed by atoms with Gasteiger partial charge in [-0.25, -0.2) is 9.48 Å². The van der Waals surface area contributed by atoms with Crippen LogP contribution in [0.3, 0.4) is 0 Å². The van der Waals surface area contributed by atoms with Gasteiger partial charge in [-0.1, -0.05) is 29.8 Å². The Hall–Kier alpha value is -2.89. The van der Waals surface area contributed by atoms with Gasteiger partial charge in [-0.15, -0.1) is 0 Å². The minimum atomic E-state index is -0.871. The number of rotatable bonds is 7. The number of hydrogen-bond acceptors (Lipinski definition) is 4. The lowest BCUT2D eigenvalue weighted by atomic mass is 9.96. The molecule has 0 saturated carbocycles. The van der Waals surface area contributed by atoms with Crippen LogP contribution in [0.25, 0.3) is 5.69 Å². The number of nitrogens with one attached hydrogen (secondary N) is 1. The van der Waals surface area contributed by atoms with Crippen molar-refractivity contribution in [2.24, 2.45) is 0 Å². The Balaban J connectivity index is 1.89. The van der Waals surface area contributed by atoms with Gasteiger partial charge < -0.3 is 10.1 Å². The highest BCUT2D eigenvalue weighted by molar-refractivity contribution is 5.87. The molecule has 0 aliphatic heterocycles. The van der Waals surface area contributed by atoms with Crippen molar-refractivity contribution < 1.29 is 14.3 Å². The molecule has 1 aromatic carbocycles. The van der Waals surface area contributed by atoms with Crippen LogP contribution < -0.4 is 5.32 Å². The molecule has 1 N–H and O–H groups in total. The van der Waals surface area contributed by atoms with Crippen LogP contribution in [0.2, 0.25) is 0 Å². The first-order valence-corrected chi connectivity index (χ1v) is 10.3. The molecule has 1 aliphatic rings.